The highest BCUT2D eigenvalue weighted by Gasteiger charge is 2.41. The van der Waals surface area contributed by atoms with E-state index in [-0.39, 0.29) is 12.1 Å². The van der Waals surface area contributed by atoms with Gasteiger partial charge in [0, 0.05) is 30.3 Å². The van der Waals surface area contributed by atoms with Gasteiger partial charge < -0.3 is 14.8 Å². The monoisotopic (exact) mass is 438 g/mol. The minimum absolute atomic E-state index is 0.00853. The van der Waals surface area contributed by atoms with Crippen LogP contribution < -0.4 is 5.32 Å². The molecular weight excluding hydrogens is 412 g/mol. The number of rotatable bonds is 5. The highest BCUT2D eigenvalue weighted by Crippen LogP contribution is 2.40. The normalized spacial score (nSPS) is 18.1. The van der Waals surface area contributed by atoms with Gasteiger partial charge >= 0.3 is 0 Å². The Kier molecular flexibility index (Phi) is 5.50. The highest BCUT2D eigenvalue weighted by molar-refractivity contribution is 7.80. The summed E-state index contributed by atoms with van der Waals surface area (Å²) in [7, 11) is 0. The van der Waals surface area contributed by atoms with Gasteiger partial charge in [0.2, 0.25) is 0 Å². The van der Waals surface area contributed by atoms with Crippen molar-refractivity contribution in [3.05, 3.63) is 119 Å². The SMILES string of the molecule is Cc1ccc(-n2cccc2[C@@H]2[C@H](c3ccccn3)NC(=S)N2Cc2ccccc2)cc1C. The Labute approximate surface area is 194 Å². The maximum atomic E-state index is 5.84. The molecule has 2 atom stereocenters. The molecule has 1 aliphatic rings. The zero-order chi connectivity index (χ0) is 22.1. The zero-order valence-electron chi connectivity index (χ0n) is 18.3. The summed E-state index contributed by atoms with van der Waals surface area (Å²) in [5.41, 5.74) is 7.14. The van der Waals surface area contributed by atoms with Crippen LogP contribution in [0.15, 0.2) is 91.3 Å². The second kappa shape index (κ2) is 8.60. The second-order valence-electron chi connectivity index (χ2n) is 8.31. The number of hydrogen-bond donors (Lipinski definition) is 1. The van der Waals surface area contributed by atoms with E-state index in [4.69, 9.17) is 12.2 Å². The molecule has 160 valence electrons. The van der Waals surface area contributed by atoms with Crippen molar-refractivity contribution in [1.29, 1.82) is 0 Å². The van der Waals surface area contributed by atoms with Crippen molar-refractivity contribution in [3.8, 4) is 5.69 Å². The van der Waals surface area contributed by atoms with Gasteiger partial charge in [-0.3, -0.25) is 4.98 Å². The molecule has 2 aromatic heterocycles. The molecule has 32 heavy (non-hydrogen) atoms. The molecule has 1 aliphatic heterocycles. The predicted octanol–water partition coefficient (Wildman–Crippen LogP) is 5.66. The molecule has 1 N–H and O–H groups in total. The molecule has 4 aromatic rings. The third-order valence-corrected chi connectivity index (χ3v) is 6.60. The lowest BCUT2D eigenvalue weighted by Gasteiger charge is -2.29. The third kappa shape index (κ3) is 3.80. The molecule has 0 saturated carbocycles. The lowest BCUT2D eigenvalue weighted by atomic mass is 10.0. The molecule has 0 bridgehead atoms. The molecule has 1 saturated heterocycles. The van der Waals surface area contributed by atoms with Crippen LogP contribution >= 0.6 is 12.2 Å². The van der Waals surface area contributed by atoms with Crippen LogP contribution in [0, 0.1) is 13.8 Å². The molecule has 4 nitrogen and oxygen atoms in total. The molecule has 5 heteroatoms. The minimum atomic E-state index is -0.0346. The van der Waals surface area contributed by atoms with E-state index < -0.39 is 0 Å². The van der Waals surface area contributed by atoms with E-state index in [1.54, 1.807) is 0 Å². The number of pyridine rings is 1. The topological polar surface area (TPSA) is 33.1 Å². The van der Waals surface area contributed by atoms with Crippen LogP contribution in [0.25, 0.3) is 5.69 Å². The van der Waals surface area contributed by atoms with Crippen molar-refractivity contribution in [1.82, 2.24) is 19.8 Å². The zero-order valence-corrected chi connectivity index (χ0v) is 19.1. The fraction of sp³-hybridized carbons (Fsp3) is 0.185. The predicted molar refractivity (Wildman–Crippen MR) is 133 cm³/mol. The Balaban J connectivity index is 1.61. The van der Waals surface area contributed by atoms with Crippen LogP contribution in [0.3, 0.4) is 0 Å². The first-order chi connectivity index (χ1) is 15.6. The lowest BCUT2D eigenvalue weighted by molar-refractivity contribution is 0.302. The number of nitrogens with zero attached hydrogens (tertiary/aromatic N) is 3. The van der Waals surface area contributed by atoms with E-state index in [2.05, 4.69) is 100 Å². The number of thiocarbonyl (C=S) groups is 1. The van der Waals surface area contributed by atoms with Crippen LogP contribution in [0.2, 0.25) is 0 Å². The first-order valence-corrected chi connectivity index (χ1v) is 11.3. The number of nitrogens with one attached hydrogen (secondary N) is 1. The van der Waals surface area contributed by atoms with E-state index in [9.17, 15) is 0 Å². The summed E-state index contributed by atoms with van der Waals surface area (Å²) in [6.07, 6.45) is 3.98. The van der Waals surface area contributed by atoms with E-state index in [0.29, 0.717) is 0 Å². The van der Waals surface area contributed by atoms with E-state index in [0.717, 1.165) is 23.0 Å². The summed E-state index contributed by atoms with van der Waals surface area (Å²) in [6, 6.07) is 27.4. The Morgan fingerprint density at radius 1 is 0.906 bits per heavy atom. The molecule has 3 heterocycles. The maximum Gasteiger partial charge on any atom is 0.170 e. The molecule has 0 radical (unpaired) electrons. The molecule has 0 unspecified atom stereocenters. The lowest BCUT2D eigenvalue weighted by Crippen LogP contribution is -2.30. The van der Waals surface area contributed by atoms with Crippen LogP contribution in [0.1, 0.15) is 40.2 Å². The third-order valence-electron chi connectivity index (χ3n) is 6.25. The standard InChI is InChI=1S/C27H26N4S/c1-19-13-14-22(17-20(19)2)30-16-8-12-24(30)26-25(23-11-6-7-15-28-23)29-27(32)31(26)18-21-9-4-3-5-10-21/h3-17,25-26H,18H2,1-2H3,(H,29,32)/t25-,26+/m0/s1. The summed E-state index contributed by atoms with van der Waals surface area (Å²) in [6.45, 7) is 5.04. The Morgan fingerprint density at radius 3 is 2.47 bits per heavy atom. The number of benzene rings is 2. The Morgan fingerprint density at radius 2 is 1.72 bits per heavy atom. The fourth-order valence-electron chi connectivity index (χ4n) is 4.42. The highest BCUT2D eigenvalue weighted by atomic mass is 32.1. The van der Waals surface area contributed by atoms with Gasteiger partial charge in [0.15, 0.2) is 5.11 Å². The Hall–Kier alpha value is -3.44. The summed E-state index contributed by atoms with van der Waals surface area (Å²) in [5, 5.41) is 4.31. The number of hydrogen-bond acceptors (Lipinski definition) is 2. The molecular formula is C27H26N4S. The molecule has 5 rings (SSSR count). The molecule has 0 aliphatic carbocycles. The van der Waals surface area contributed by atoms with Gasteiger partial charge in [-0.2, -0.15) is 0 Å². The van der Waals surface area contributed by atoms with Gasteiger partial charge in [0.1, 0.15) is 0 Å². The van der Waals surface area contributed by atoms with Gasteiger partial charge in [-0.25, -0.2) is 0 Å². The van der Waals surface area contributed by atoms with Crippen LogP contribution in [0.4, 0.5) is 0 Å². The number of aromatic nitrogens is 2. The van der Waals surface area contributed by atoms with Crippen LogP contribution in [-0.2, 0) is 6.54 Å². The van der Waals surface area contributed by atoms with Crippen LogP contribution in [0.5, 0.6) is 0 Å². The summed E-state index contributed by atoms with van der Waals surface area (Å²) >= 11 is 5.84. The maximum absolute atomic E-state index is 5.84. The molecule has 0 spiro atoms. The molecule has 0 amide bonds. The van der Waals surface area contributed by atoms with Crippen molar-refractivity contribution in [3.63, 3.8) is 0 Å². The van der Waals surface area contributed by atoms with Crippen LogP contribution in [-0.4, -0.2) is 19.6 Å². The van der Waals surface area contributed by atoms with Gasteiger partial charge in [0.05, 0.1) is 17.8 Å². The van der Waals surface area contributed by atoms with E-state index in [1.807, 2.05) is 24.4 Å². The average molecular weight is 439 g/mol. The van der Waals surface area contributed by atoms with Crippen molar-refractivity contribution >= 4 is 17.3 Å². The van der Waals surface area contributed by atoms with E-state index in [1.165, 1.54) is 22.4 Å². The summed E-state index contributed by atoms with van der Waals surface area (Å²) in [5.74, 6) is 0. The minimum Gasteiger partial charge on any atom is -0.352 e. The van der Waals surface area contributed by atoms with Crippen molar-refractivity contribution < 1.29 is 0 Å². The largest absolute Gasteiger partial charge is 0.352 e. The average Bonchev–Trinajstić information content (AvgIpc) is 3.42. The smallest absolute Gasteiger partial charge is 0.170 e. The molecule has 2 aromatic carbocycles. The van der Waals surface area contributed by atoms with Gasteiger partial charge in [-0.1, -0.05) is 42.5 Å². The van der Waals surface area contributed by atoms with Crippen molar-refractivity contribution in [2.45, 2.75) is 32.5 Å². The van der Waals surface area contributed by atoms with Gasteiger partial charge in [0.25, 0.3) is 0 Å². The summed E-state index contributed by atoms with van der Waals surface area (Å²) < 4.78 is 2.28. The first kappa shape index (κ1) is 20.5. The van der Waals surface area contributed by atoms with Gasteiger partial charge in [-0.05, 0) is 79.2 Å². The van der Waals surface area contributed by atoms with Crippen molar-refractivity contribution in [2.24, 2.45) is 0 Å². The number of aryl methyl sites for hydroxylation is 2. The molecule has 1 fully saturated rings. The Bertz CT molecular complexity index is 1230. The van der Waals surface area contributed by atoms with Gasteiger partial charge in [-0.15, -0.1) is 0 Å². The second-order valence-corrected chi connectivity index (χ2v) is 8.70. The summed E-state index contributed by atoms with van der Waals surface area (Å²) in [4.78, 5) is 6.96. The fourth-order valence-corrected chi connectivity index (χ4v) is 4.73. The van der Waals surface area contributed by atoms with Crippen molar-refractivity contribution in [2.75, 3.05) is 0 Å². The first-order valence-electron chi connectivity index (χ1n) is 10.9. The quantitative estimate of drug-likeness (QED) is 0.408. The van der Waals surface area contributed by atoms with E-state index >= 15 is 0 Å².